The van der Waals surface area contributed by atoms with E-state index in [1.165, 1.54) is 6.07 Å². The van der Waals surface area contributed by atoms with Gasteiger partial charge in [-0.2, -0.15) is 0 Å². The summed E-state index contributed by atoms with van der Waals surface area (Å²) in [5.74, 6) is -0.780. The van der Waals surface area contributed by atoms with Crippen molar-refractivity contribution >= 4 is 23.0 Å². The molecule has 5 nitrogen and oxygen atoms in total. The highest BCUT2D eigenvalue weighted by Gasteiger charge is 2.24. The zero-order chi connectivity index (χ0) is 13.3. The Balaban J connectivity index is 2.25. The molecule has 1 fully saturated rings. The number of nitro benzene ring substituents is 1. The second kappa shape index (κ2) is 5.07. The predicted octanol–water partition coefficient (Wildman–Crippen LogP) is 2.50. The van der Waals surface area contributed by atoms with Crippen LogP contribution in [0.1, 0.15) is 6.42 Å². The number of hydrogen-bond donors (Lipinski definition) is 1. The van der Waals surface area contributed by atoms with Crippen LogP contribution in [0.15, 0.2) is 12.1 Å². The standard InChI is InChI=1S/C11H13ClFN3O2/c1-15-3-2-7(6-15)14-10-4-8(12)9(13)5-11(10)16(17)18/h4-5,7,14H,2-3,6H2,1H3. The van der Waals surface area contributed by atoms with Gasteiger partial charge >= 0.3 is 0 Å². The summed E-state index contributed by atoms with van der Waals surface area (Å²) in [4.78, 5) is 12.4. The molecule has 0 radical (unpaired) electrons. The van der Waals surface area contributed by atoms with E-state index in [1.807, 2.05) is 7.05 Å². The van der Waals surface area contributed by atoms with E-state index < -0.39 is 10.7 Å². The fraction of sp³-hybridized carbons (Fsp3) is 0.455. The Bertz CT molecular complexity index is 484. The van der Waals surface area contributed by atoms with E-state index in [-0.39, 0.29) is 22.4 Å². The minimum atomic E-state index is -0.780. The van der Waals surface area contributed by atoms with Crippen LogP contribution in [0.3, 0.4) is 0 Å². The number of likely N-dealkylation sites (tertiary alicyclic amines) is 1. The van der Waals surface area contributed by atoms with E-state index in [2.05, 4.69) is 10.2 Å². The third-order valence-electron chi connectivity index (χ3n) is 2.99. The Morgan fingerprint density at radius 2 is 2.33 bits per heavy atom. The first-order valence-corrected chi connectivity index (χ1v) is 5.93. The maximum Gasteiger partial charge on any atom is 0.295 e. The summed E-state index contributed by atoms with van der Waals surface area (Å²) in [6, 6.07) is 2.24. The van der Waals surface area contributed by atoms with Crippen molar-refractivity contribution < 1.29 is 9.31 Å². The monoisotopic (exact) mass is 273 g/mol. The summed E-state index contributed by atoms with van der Waals surface area (Å²) >= 11 is 5.66. The van der Waals surface area contributed by atoms with E-state index in [4.69, 9.17) is 11.6 Å². The van der Waals surface area contributed by atoms with Crippen LogP contribution in [0.4, 0.5) is 15.8 Å². The minimum Gasteiger partial charge on any atom is -0.375 e. The topological polar surface area (TPSA) is 58.4 Å². The fourth-order valence-electron chi connectivity index (χ4n) is 2.08. The summed E-state index contributed by atoms with van der Waals surface area (Å²) in [5, 5.41) is 13.8. The number of anilines is 1. The smallest absolute Gasteiger partial charge is 0.295 e. The van der Waals surface area contributed by atoms with Crippen molar-refractivity contribution in [1.82, 2.24) is 4.90 Å². The first kappa shape index (κ1) is 13.0. The van der Waals surface area contributed by atoms with Crippen LogP contribution in [0.2, 0.25) is 5.02 Å². The van der Waals surface area contributed by atoms with Crippen molar-refractivity contribution in [3.8, 4) is 0 Å². The highest BCUT2D eigenvalue weighted by atomic mass is 35.5. The van der Waals surface area contributed by atoms with Gasteiger partial charge in [0.25, 0.3) is 5.69 Å². The second-order valence-electron chi connectivity index (χ2n) is 4.43. The number of halogens is 2. The Hall–Kier alpha value is -1.40. The van der Waals surface area contributed by atoms with Crippen molar-refractivity contribution in [3.63, 3.8) is 0 Å². The van der Waals surface area contributed by atoms with Crippen LogP contribution in [0.5, 0.6) is 0 Å². The molecule has 0 aliphatic carbocycles. The zero-order valence-electron chi connectivity index (χ0n) is 9.82. The van der Waals surface area contributed by atoms with Gasteiger partial charge in [0.2, 0.25) is 0 Å². The van der Waals surface area contributed by atoms with E-state index in [0.29, 0.717) is 0 Å². The van der Waals surface area contributed by atoms with E-state index >= 15 is 0 Å². The van der Waals surface area contributed by atoms with E-state index in [0.717, 1.165) is 25.6 Å². The molecule has 0 bridgehead atoms. The van der Waals surface area contributed by atoms with Gasteiger partial charge in [-0.1, -0.05) is 11.6 Å². The molecule has 1 N–H and O–H groups in total. The molecular formula is C11H13ClFN3O2. The zero-order valence-corrected chi connectivity index (χ0v) is 10.6. The van der Waals surface area contributed by atoms with Gasteiger partial charge in [0.15, 0.2) is 0 Å². The average Bonchev–Trinajstić information content (AvgIpc) is 2.68. The molecule has 0 saturated carbocycles. The third kappa shape index (κ3) is 2.70. The molecule has 1 unspecified atom stereocenters. The van der Waals surface area contributed by atoms with Gasteiger partial charge in [-0.25, -0.2) is 4.39 Å². The van der Waals surface area contributed by atoms with Gasteiger partial charge in [0, 0.05) is 12.6 Å². The van der Waals surface area contributed by atoms with Crippen LogP contribution in [-0.2, 0) is 0 Å². The molecule has 1 aromatic rings. The summed E-state index contributed by atoms with van der Waals surface area (Å²) in [6.45, 7) is 1.73. The van der Waals surface area contributed by atoms with E-state index in [9.17, 15) is 14.5 Å². The molecule has 18 heavy (non-hydrogen) atoms. The van der Waals surface area contributed by atoms with Crippen molar-refractivity contribution in [1.29, 1.82) is 0 Å². The van der Waals surface area contributed by atoms with Crippen molar-refractivity contribution in [2.24, 2.45) is 0 Å². The Kier molecular flexibility index (Phi) is 3.68. The summed E-state index contributed by atoms with van der Waals surface area (Å²) < 4.78 is 13.2. The van der Waals surface area contributed by atoms with Gasteiger partial charge in [-0.05, 0) is 26.1 Å². The number of nitrogens with zero attached hydrogens (tertiary/aromatic N) is 2. The quantitative estimate of drug-likeness (QED) is 0.679. The first-order chi connectivity index (χ1) is 8.47. The molecule has 1 atom stereocenters. The number of nitro groups is 1. The molecule has 1 aromatic carbocycles. The van der Waals surface area contributed by atoms with Crippen LogP contribution in [-0.4, -0.2) is 36.0 Å². The summed E-state index contributed by atoms with van der Waals surface area (Å²) in [6.07, 6.45) is 0.892. The van der Waals surface area contributed by atoms with Crippen molar-refractivity contribution in [2.75, 3.05) is 25.5 Å². The lowest BCUT2D eigenvalue weighted by Crippen LogP contribution is -2.24. The van der Waals surface area contributed by atoms with E-state index in [1.54, 1.807) is 0 Å². The molecule has 1 aliphatic heterocycles. The molecule has 1 aliphatic rings. The van der Waals surface area contributed by atoms with Crippen molar-refractivity contribution in [2.45, 2.75) is 12.5 Å². The highest BCUT2D eigenvalue weighted by Crippen LogP contribution is 2.31. The molecule has 2 rings (SSSR count). The molecule has 0 spiro atoms. The lowest BCUT2D eigenvalue weighted by molar-refractivity contribution is -0.384. The Labute approximate surface area is 109 Å². The van der Waals surface area contributed by atoms with Crippen LogP contribution < -0.4 is 5.32 Å². The van der Waals surface area contributed by atoms with Gasteiger partial charge in [0.05, 0.1) is 16.0 Å². The van der Waals surface area contributed by atoms with Crippen LogP contribution in [0.25, 0.3) is 0 Å². The largest absolute Gasteiger partial charge is 0.375 e. The fourth-order valence-corrected chi connectivity index (χ4v) is 2.24. The number of benzene rings is 1. The molecular weight excluding hydrogens is 261 g/mol. The van der Waals surface area contributed by atoms with Gasteiger partial charge in [-0.15, -0.1) is 0 Å². The summed E-state index contributed by atoms with van der Waals surface area (Å²) in [5.41, 5.74) is -0.0156. The Morgan fingerprint density at radius 3 is 2.89 bits per heavy atom. The predicted molar refractivity (Wildman–Crippen MR) is 67.6 cm³/mol. The van der Waals surface area contributed by atoms with Gasteiger partial charge < -0.3 is 10.2 Å². The van der Waals surface area contributed by atoms with Crippen LogP contribution in [0, 0.1) is 15.9 Å². The van der Waals surface area contributed by atoms with Gasteiger partial charge in [0.1, 0.15) is 11.5 Å². The molecule has 98 valence electrons. The SMILES string of the molecule is CN1CCC(Nc2cc(Cl)c(F)cc2[N+](=O)[O-])C1. The highest BCUT2D eigenvalue weighted by molar-refractivity contribution is 6.31. The lowest BCUT2D eigenvalue weighted by Gasteiger charge is -2.14. The average molecular weight is 274 g/mol. The number of hydrogen-bond acceptors (Lipinski definition) is 4. The number of rotatable bonds is 3. The lowest BCUT2D eigenvalue weighted by atomic mass is 10.2. The van der Waals surface area contributed by atoms with Gasteiger partial charge in [-0.3, -0.25) is 10.1 Å². The van der Waals surface area contributed by atoms with Crippen molar-refractivity contribution in [3.05, 3.63) is 33.1 Å². The Morgan fingerprint density at radius 1 is 1.61 bits per heavy atom. The number of nitrogens with one attached hydrogen (secondary N) is 1. The molecule has 0 aromatic heterocycles. The second-order valence-corrected chi connectivity index (χ2v) is 4.84. The normalized spacial score (nSPS) is 20.1. The molecule has 7 heteroatoms. The number of likely N-dealkylation sites (N-methyl/N-ethyl adjacent to an activating group) is 1. The van der Waals surface area contributed by atoms with Crippen LogP contribution >= 0.6 is 11.6 Å². The molecule has 1 saturated heterocycles. The maximum atomic E-state index is 13.2. The third-order valence-corrected chi connectivity index (χ3v) is 3.28. The molecule has 1 heterocycles. The summed E-state index contributed by atoms with van der Waals surface area (Å²) in [7, 11) is 1.98. The maximum absolute atomic E-state index is 13.2. The minimum absolute atomic E-state index is 0.116. The molecule has 0 amide bonds. The first-order valence-electron chi connectivity index (χ1n) is 5.56.